The Morgan fingerprint density at radius 3 is 2.41 bits per heavy atom. The smallest absolute Gasteiger partial charge is 0.175 e. The molecule has 0 amide bonds. The molecule has 1 rings (SSSR count). The van der Waals surface area contributed by atoms with Crippen molar-refractivity contribution in [2.45, 2.75) is 13.8 Å². The molecular formula is C13H15NO2S. The molecule has 0 bridgehead atoms. The van der Waals surface area contributed by atoms with Crippen molar-refractivity contribution in [3.63, 3.8) is 0 Å². The second kappa shape index (κ2) is 6.31. The fourth-order valence-electron chi connectivity index (χ4n) is 1.39. The SMILES string of the molecule is CC(C)CS(=O)CC(=O)c1ccc(C#N)cc1. The van der Waals surface area contributed by atoms with E-state index in [-0.39, 0.29) is 11.5 Å². The summed E-state index contributed by atoms with van der Waals surface area (Å²) >= 11 is 0. The minimum Gasteiger partial charge on any atom is -0.293 e. The summed E-state index contributed by atoms with van der Waals surface area (Å²) in [5.41, 5.74) is 1.03. The number of Topliss-reactive ketones (excluding diaryl/α,β-unsaturated/α-hetero) is 1. The standard InChI is InChI=1S/C13H15NO2S/c1-10(2)8-17(16)9-13(15)12-5-3-11(7-14)4-6-12/h3-6,10H,8-9H2,1-2H3. The number of ketones is 1. The van der Waals surface area contributed by atoms with Crippen LogP contribution in [0.3, 0.4) is 0 Å². The van der Waals surface area contributed by atoms with Crippen LogP contribution in [-0.2, 0) is 10.8 Å². The molecular weight excluding hydrogens is 234 g/mol. The van der Waals surface area contributed by atoms with Gasteiger partial charge in [-0.05, 0) is 18.1 Å². The summed E-state index contributed by atoms with van der Waals surface area (Å²) in [7, 11) is -1.10. The molecule has 0 saturated carbocycles. The van der Waals surface area contributed by atoms with Crippen LogP contribution in [0, 0.1) is 17.2 Å². The number of nitriles is 1. The third-order valence-corrected chi connectivity index (χ3v) is 3.77. The number of nitrogens with zero attached hydrogens (tertiary/aromatic N) is 1. The second-order valence-electron chi connectivity index (χ2n) is 4.26. The minimum atomic E-state index is -1.10. The monoisotopic (exact) mass is 249 g/mol. The zero-order chi connectivity index (χ0) is 12.8. The molecule has 0 spiro atoms. The Morgan fingerprint density at radius 2 is 1.94 bits per heavy atom. The van der Waals surface area contributed by atoms with Crippen LogP contribution in [0.1, 0.15) is 29.8 Å². The van der Waals surface area contributed by atoms with Crippen molar-refractivity contribution in [1.29, 1.82) is 5.26 Å². The fraction of sp³-hybridized carbons (Fsp3) is 0.385. The predicted octanol–water partition coefficient (Wildman–Crippen LogP) is 2.15. The lowest BCUT2D eigenvalue weighted by Gasteiger charge is -2.04. The number of benzene rings is 1. The van der Waals surface area contributed by atoms with E-state index in [1.54, 1.807) is 24.3 Å². The second-order valence-corrected chi connectivity index (χ2v) is 5.76. The topological polar surface area (TPSA) is 57.9 Å². The molecule has 0 saturated heterocycles. The van der Waals surface area contributed by atoms with Crippen LogP contribution in [0.5, 0.6) is 0 Å². The lowest BCUT2D eigenvalue weighted by molar-refractivity contribution is 0.102. The van der Waals surface area contributed by atoms with Gasteiger partial charge in [0.15, 0.2) is 5.78 Å². The molecule has 0 fully saturated rings. The van der Waals surface area contributed by atoms with E-state index in [4.69, 9.17) is 5.26 Å². The Hall–Kier alpha value is -1.47. The highest BCUT2D eigenvalue weighted by Crippen LogP contribution is 2.06. The van der Waals surface area contributed by atoms with Crippen LogP contribution in [0.15, 0.2) is 24.3 Å². The Balaban J connectivity index is 2.64. The maximum atomic E-state index is 11.8. The van der Waals surface area contributed by atoms with Gasteiger partial charge < -0.3 is 0 Å². The summed E-state index contributed by atoms with van der Waals surface area (Å²) in [4.78, 5) is 11.8. The van der Waals surface area contributed by atoms with Gasteiger partial charge in [-0.15, -0.1) is 0 Å². The molecule has 1 aromatic carbocycles. The van der Waals surface area contributed by atoms with Crippen molar-refractivity contribution in [1.82, 2.24) is 0 Å². The summed E-state index contributed by atoms with van der Waals surface area (Å²) in [5.74, 6) is 0.796. The van der Waals surface area contributed by atoms with Gasteiger partial charge in [0.05, 0.1) is 17.4 Å². The highest BCUT2D eigenvalue weighted by atomic mass is 32.2. The predicted molar refractivity (Wildman–Crippen MR) is 68.2 cm³/mol. The average Bonchev–Trinajstić information content (AvgIpc) is 2.28. The molecule has 0 N–H and O–H groups in total. The molecule has 0 aliphatic carbocycles. The van der Waals surface area contributed by atoms with Crippen molar-refractivity contribution in [3.05, 3.63) is 35.4 Å². The summed E-state index contributed by atoms with van der Waals surface area (Å²) in [6, 6.07) is 8.39. The summed E-state index contributed by atoms with van der Waals surface area (Å²) < 4.78 is 11.6. The lowest BCUT2D eigenvalue weighted by Crippen LogP contribution is -2.15. The Kier molecular flexibility index (Phi) is 5.05. The van der Waals surface area contributed by atoms with E-state index in [0.29, 0.717) is 22.8 Å². The highest BCUT2D eigenvalue weighted by Gasteiger charge is 2.11. The molecule has 0 heterocycles. The number of rotatable bonds is 5. The van der Waals surface area contributed by atoms with Crippen molar-refractivity contribution >= 4 is 16.6 Å². The maximum Gasteiger partial charge on any atom is 0.175 e. The summed E-state index contributed by atoms with van der Waals surface area (Å²) in [6.45, 7) is 3.95. The van der Waals surface area contributed by atoms with Crippen LogP contribution in [0.2, 0.25) is 0 Å². The number of hydrogen-bond donors (Lipinski definition) is 0. The van der Waals surface area contributed by atoms with E-state index in [9.17, 15) is 9.00 Å². The Labute approximate surface area is 104 Å². The van der Waals surface area contributed by atoms with Gasteiger partial charge in [0, 0.05) is 22.1 Å². The van der Waals surface area contributed by atoms with Crippen LogP contribution in [-0.4, -0.2) is 21.5 Å². The molecule has 4 heteroatoms. The zero-order valence-electron chi connectivity index (χ0n) is 9.97. The first-order valence-electron chi connectivity index (χ1n) is 5.41. The number of carbonyl (C=O) groups excluding carboxylic acids is 1. The summed E-state index contributed by atoms with van der Waals surface area (Å²) in [6.07, 6.45) is 0. The first-order chi connectivity index (χ1) is 8.02. The van der Waals surface area contributed by atoms with E-state index in [1.807, 2.05) is 19.9 Å². The average molecular weight is 249 g/mol. The molecule has 0 aromatic heterocycles. The van der Waals surface area contributed by atoms with Gasteiger partial charge in [-0.1, -0.05) is 26.0 Å². The van der Waals surface area contributed by atoms with Crippen LogP contribution < -0.4 is 0 Å². The largest absolute Gasteiger partial charge is 0.293 e. The molecule has 0 aliphatic rings. The van der Waals surface area contributed by atoms with Gasteiger partial charge >= 0.3 is 0 Å². The first-order valence-corrected chi connectivity index (χ1v) is 6.90. The van der Waals surface area contributed by atoms with Gasteiger partial charge in [0.25, 0.3) is 0 Å². The van der Waals surface area contributed by atoms with Gasteiger partial charge in [-0.2, -0.15) is 5.26 Å². The molecule has 0 radical (unpaired) electrons. The van der Waals surface area contributed by atoms with Crippen LogP contribution >= 0.6 is 0 Å². The third kappa shape index (κ3) is 4.49. The van der Waals surface area contributed by atoms with Crippen molar-refractivity contribution in [2.24, 2.45) is 5.92 Å². The van der Waals surface area contributed by atoms with E-state index < -0.39 is 10.8 Å². The van der Waals surface area contributed by atoms with Gasteiger partial charge in [-0.25, -0.2) is 0 Å². The van der Waals surface area contributed by atoms with Crippen LogP contribution in [0.4, 0.5) is 0 Å². The fourth-order valence-corrected chi connectivity index (χ4v) is 2.71. The Bertz CT molecular complexity index is 457. The molecule has 17 heavy (non-hydrogen) atoms. The van der Waals surface area contributed by atoms with E-state index in [0.717, 1.165) is 0 Å². The lowest BCUT2D eigenvalue weighted by atomic mass is 10.1. The quantitative estimate of drug-likeness (QED) is 0.751. The van der Waals surface area contributed by atoms with E-state index >= 15 is 0 Å². The van der Waals surface area contributed by atoms with Crippen molar-refractivity contribution in [2.75, 3.05) is 11.5 Å². The van der Waals surface area contributed by atoms with E-state index in [1.165, 1.54) is 0 Å². The molecule has 1 unspecified atom stereocenters. The van der Waals surface area contributed by atoms with E-state index in [2.05, 4.69) is 0 Å². The van der Waals surface area contributed by atoms with Gasteiger partial charge in [-0.3, -0.25) is 9.00 Å². The molecule has 3 nitrogen and oxygen atoms in total. The maximum absolute atomic E-state index is 11.8. The molecule has 0 aliphatic heterocycles. The summed E-state index contributed by atoms with van der Waals surface area (Å²) in [5, 5.41) is 8.63. The van der Waals surface area contributed by atoms with Crippen molar-refractivity contribution in [3.8, 4) is 6.07 Å². The van der Waals surface area contributed by atoms with Gasteiger partial charge in [0.1, 0.15) is 0 Å². The van der Waals surface area contributed by atoms with Gasteiger partial charge in [0.2, 0.25) is 0 Å². The molecule has 1 atom stereocenters. The Morgan fingerprint density at radius 1 is 1.35 bits per heavy atom. The molecule has 90 valence electrons. The normalized spacial score (nSPS) is 12.1. The highest BCUT2D eigenvalue weighted by molar-refractivity contribution is 7.85. The molecule has 1 aromatic rings. The first kappa shape index (κ1) is 13.6. The third-order valence-electron chi connectivity index (χ3n) is 2.15. The number of carbonyl (C=O) groups is 1. The zero-order valence-corrected chi connectivity index (χ0v) is 10.8. The number of hydrogen-bond acceptors (Lipinski definition) is 3. The van der Waals surface area contributed by atoms with Crippen molar-refractivity contribution < 1.29 is 9.00 Å². The minimum absolute atomic E-state index is 0.0596. The van der Waals surface area contributed by atoms with Crippen LogP contribution in [0.25, 0.3) is 0 Å².